The van der Waals surface area contributed by atoms with Gasteiger partial charge in [0, 0.05) is 25.1 Å². The van der Waals surface area contributed by atoms with Crippen LogP contribution in [0, 0.1) is 0 Å². The minimum atomic E-state index is -4.47. The molecular weight excluding hydrogens is 509 g/mol. The number of para-hydroxylation sites is 1. The summed E-state index contributed by atoms with van der Waals surface area (Å²) in [5, 5.41) is 16.1. The first-order valence-electron chi connectivity index (χ1n) is 11.0. The van der Waals surface area contributed by atoms with Crippen LogP contribution in [0.4, 0.5) is 24.3 Å². The number of aliphatic hydroxyl groups excluding tert-OH is 1. The lowest BCUT2D eigenvalue weighted by molar-refractivity contribution is -0.137. The van der Waals surface area contributed by atoms with Crippen molar-refractivity contribution in [2.45, 2.75) is 19.3 Å². The van der Waals surface area contributed by atoms with Crippen molar-refractivity contribution >= 4 is 38.5 Å². The molecule has 2 aromatic carbocycles. The second-order valence-electron chi connectivity index (χ2n) is 8.32. The molecule has 1 unspecified atom stereocenters. The number of anilines is 2. The van der Waals surface area contributed by atoms with Crippen LogP contribution in [0.15, 0.2) is 48.5 Å². The van der Waals surface area contributed by atoms with Gasteiger partial charge >= 0.3 is 6.18 Å². The summed E-state index contributed by atoms with van der Waals surface area (Å²) >= 11 is 1.27. The Morgan fingerprint density at radius 3 is 2.51 bits per heavy atom. The van der Waals surface area contributed by atoms with Gasteiger partial charge in [-0.15, -0.1) is 0 Å². The van der Waals surface area contributed by atoms with Crippen LogP contribution in [0.5, 0.6) is 11.6 Å². The Balaban J connectivity index is 1.71. The molecule has 13 heteroatoms. The number of carbonyl (C=O) groups excluding carboxylic acids is 1. The molecule has 3 N–H and O–H groups in total. The lowest BCUT2D eigenvalue weighted by atomic mass is 10.1. The van der Waals surface area contributed by atoms with E-state index in [1.807, 2.05) is 6.07 Å². The van der Waals surface area contributed by atoms with Crippen molar-refractivity contribution in [3.8, 4) is 22.9 Å². The number of hydrogen-bond donors (Lipinski definition) is 3. The van der Waals surface area contributed by atoms with Gasteiger partial charge in [-0.3, -0.25) is 4.79 Å². The fourth-order valence-corrected chi connectivity index (χ4v) is 4.31. The third-order valence-electron chi connectivity index (χ3n) is 4.92. The van der Waals surface area contributed by atoms with Crippen LogP contribution in [0.1, 0.15) is 12.5 Å². The van der Waals surface area contributed by atoms with Gasteiger partial charge in [-0.2, -0.15) is 18.2 Å². The summed E-state index contributed by atoms with van der Waals surface area (Å²) in [6.45, 7) is 1.64. The van der Waals surface area contributed by atoms with Crippen LogP contribution < -0.4 is 15.4 Å². The van der Waals surface area contributed by atoms with Gasteiger partial charge in [0.05, 0.1) is 16.0 Å². The number of halogens is 3. The van der Waals surface area contributed by atoms with Crippen molar-refractivity contribution in [1.82, 2.24) is 19.9 Å². The number of fused-ring (bicyclic) bond motifs is 1. The van der Waals surface area contributed by atoms with Gasteiger partial charge in [-0.25, -0.2) is 9.97 Å². The zero-order chi connectivity index (χ0) is 26.7. The Hall–Kier alpha value is -3.81. The quantitative estimate of drug-likeness (QED) is 0.277. The van der Waals surface area contributed by atoms with Gasteiger partial charge in [-0.1, -0.05) is 29.5 Å². The van der Waals surface area contributed by atoms with Gasteiger partial charge in [0.1, 0.15) is 11.7 Å². The first-order valence-corrected chi connectivity index (χ1v) is 11.8. The third-order valence-corrected chi connectivity index (χ3v) is 5.86. The Morgan fingerprint density at radius 2 is 1.86 bits per heavy atom. The highest BCUT2D eigenvalue weighted by atomic mass is 32.1. The highest BCUT2D eigenvalue weighted by molar-refractivity contribution is 7.22. The molecular formula is C24H23F3N6O3S. The maximum absolute atomic E-state index is 13.0. The number of hydrogen-bond acceptors (Lipinski definition) is 9. The average Bonchev–Trinajstić information content (AvgIpc) is 3.20. The number of aliphatic hydroxyl groups is 1. The van der Waals surface area contributed by atoms with Crippen molar-refractivity contribution in [3.63, 3.8) is 0 Å². The molecule has 0 aliphatic rings. The van der Waals surface area contributed by atoms with E-state index in [4.69, 9.17) is 4.74 Å². The number of alkyl halides is 3. The molecule has 0 bridgehead atoms. The summed E-state index contributed by atoms with van der Waals surface area (Å²) in [5.41, 5.74) is 0.382. The van der Waals surface area contributed by atoms with Gasteiger partial charge in [0.2, 0.25) is 17.7 Å². The van der Waals surface area contributed by atoms with E-state index in [1.54, 1.807) is 31.1 Å². The molecule has 0 aliphatic heterocycles. The fourth-order valence-electron chi connectivity index (χ4n) is 3.38. The molecule has 37 heavy (non-hydrogen) atoms. The lowest BCUT2D eigenvalue weighted by Gasteiger charge is -2.18. The van der Waals surface area contributed by atoms with Crippen LogP contribution in [0.2, 0.25) is 0 Å². The number of nitrogens with one attached hydrogen (secondary N) is 2. The van der Waals surface area contributed by atoms with Crippen LogP contribution in [-0.4, -0.2) is 57.7 Å². The maximum atomic E-state index is 13.0. The minimum Gasteiger partial charge on any atom is -0.437 e. The number of amides is 1. The minimum absolute atomic E-state index is 0.0196. The molecule has 0 fully saturated rings. The first kappa shape index (κ1) is 26.3. The molecule has 0 spiro atoms. The number of nitrogens with zero attached hydrogens (tertiary/aromatic N) is 4. The molecule has 0 aliphatic carbocycles. The SMILES string of the molecule is CC(=O)Nc1nc2c(Oc3cc(-c4ccc(C(F)(F)F)cc4)nc(NC(O)CN(C)C)n3)cccc2s1. The molecule has 4 aromatic rings. The molecule has 1 atom stereocenters. The normalized spacial score (nSPS) is 12.5. The fraction of sp³-hybridized carbons (Fsp3) is 0.250. The first-order chi connectivity index (χ1) is 17.5. The summed E-state index contributed by atoms with van der Waals surface area (Å²) in [6.07, 6.45) is -5.49. The zero-order valence-electron chi connectivity index (χ0n) is 20.0. The van der Waals surface area contributed by atoms with Crippen molar-refractivity contribution in [3.05, 3.63) is 54.1 Å². The van der Waals surface area contributed by atoms with E-state index in [0.29, 0.717) is 22.0 Å². The summed E-state index contributed by atoms with van der Waals surface area (Å²) in [7, 11) is 3.56. The van der Waals surface area contributed by atoms with Gasteiger partial charge in [0.15, 0.2) is 10.9 Å². The number of likely N-dealkylation sites (N-methyl/N-ethyl adjacent to an activating group) is 1. The standard InChI is InChI=1S/C24H23F3N6O3S/c1-13(34)28-23-32-21-17(5-4-6-18(21)37-23)36-20-11-16(14-7-9-15(10-8-14)24(25,26)27)29-22(31-20)30-19(35)12-33(2)3/h4-11,19,35H,12H2,1-3H3,(H,28,32,34)(H,29,30,31). The number of aromatic nitrogens is 3. The second kappa shape index (κ2) is 10.7. The van der Waals surface area contributed by atoms with Gasteiger partial charge < -0.3 is 25.4 Å². The summed E-state index contributed by atoms with van der Waals surface area (Å²) in [6, 6.07) is 11.3. The Kier molecular flexibility index (Phi) is 7.57. The van der Waals surface area contributed by atoms with E-state index >= 15 is 0 Å². The van der Waals surface area contributed by atoms with Crippen LogP contribution >= 0.6 is 11.3 Å². The smallest absolute Gasteiger partial charge is 0.416 e. The molecule has 194 valence electrons. The van der Waals surface area contributed by atoms with Crippen LogP contribution in [-0.2, 0) is 11.0 Å². The molecule has 4 rings (SSSR count). The van der Waals surface area contributed by atoms with Crippen molar-refractivity contribution in [2.75, 3.05) is 31.3 Å². The van der Waals surface area contributed by atoms with E-state index in [-0.39, 0.29) is 30.0 Å². The van der Waals surface area contributed by atoms with Gasteiger partial charge in [0.25, 0.3) is 0 Å². The third kappa shape index (κ3) is 6.70. The van der Waals surface area contributed by atoms with Gasteiger partial charge in [-0.05, 0) is 38.4 Å². The summed E-state index contributed by atoms with van der Waals surface area (Å²) in [4.78, 5) is 26.3. The average molecular weight is 533 g/mol. The second-order valence-corrected chi connectivity index (χ2v) is 9.35. The van der Waals surface area contributed by atoms with Crippen molar-refractivity contribution in [2.24, 2.45) is 0 Å². The van der Waals surface area contributed by atoms with E-state index in [9.17, 15) is 23.1 Å². The molecule has 0 saturated heterocycles. The maximum Gasteiger partial charge on any atom is 0.416 e. The lowest BCUT2D eigenvalue weighted by Crippen LogP contribution is -2.32. The Morgan fingerprint density at radius 1 is 1.14 bits per heavy atom. The number of thiazole rings is 1. The van der Waals surface area contributed by atoms with Crippen LogP contribution in [0.3, 0.4) is 0 Å². The van der Waals surface area contributed by atoms with Crippen LogP contribution in [0.25, 0.3) is 21.5 Å². The zero-order valence-corrected chi connectivity index (χ0v) is 20.8. The topological polar surface area (TPSA) is 112 Å². The molecule has 1 amide bonds. The predicted molar refractivity (Wildman–Crippen MR) is 135 cm³/mol. The monoisotopic (exact) mass is 532 g/mol. The molecule has 2 aromatic heterocycles. The highest BCUT2D eigenvalue weighted by Crippen LogP contribution is 2.36. The summed E-state index contributed by atoms with van der Waals surface area (Å²) < 4.78 is 45.9. The van der Waals surface area contributed by atoms with Crippen molar-refractivity contribution in [1.29, 1.82) is 0 Å². The molecule has 9 nitrogen and oxygen atoms in total. The van der Waals surface area contributed by atoms with E-state index in [1.165, 1.54) is 36.5 Å². The number of ether oxygens (including phenoxy) is 1. The molecule has 0 saturated carbocycles. The predicted octanol–water partition coefficient (Wildman–Crippen LogP) is 4.81. The molecule has 0 radical (unpaired) electrons. The van der Waals surface area contributed by atoms with Crippen molar-refractivity contribution < 1.29 is 27.8 Å². The Bertz CT molecular complexity index is 1410. The number of rotatable bonds is 8. The van der Waals surface area contributed by atoms with E-state index in [0.717, 1.165) is 16.8 Å². The van der Waals surface area contributed by atoms with E-state index < -0.39 is 18.0 Å². The Labute approximate surface area is 214 Å². The number of carbonyl (C=O) groups is 1. The van der Waals surface area contributed by atoms with E-state index in [2.05, 4.69) is 25.6 Å². The largest absolute Gasteiger partial charge is 0.437 e. The number of benzene rings is 2. The highest BCUT2D eigenvalue weighted by Gasteiger charge is 2.30. The summed E-state index contributed by atoms with van der Waals surface area (Å²) in [5.74, 6) is 0.185. The molecule has 2 heterocycles.